The number of amides is 1. The highest BCUT2D eigenvalue weighted by atomic mass is 32.1. The Morgan fingerprint density at radius 2 is 2.19 bits per heavy atom. The molecule has 1 aromatic carbocycles. The van der Waals surface area contributed by atoms with Crippen LogP contribution in [0.4, 0.5) is 0 Å². The maximum Gasteiger partial charge on any atom is 0.258 e. The quantitative estimate of drug-likeness (QED) is 0.827. The molecule has 5 heteroatoms. The van der Waals surface area contributed by atoms with E-state index in [0.29, 0.717) is 5.75 Å². The first kappa shape index (κ1) is 15.5. The van der Waals surface area contributed by atoms with Gasteiger partial charge in [-0.2, -0.15) is 0 Å². The number of benzene rings is 1. The Bertz CT molecular complexity index is 569. The van der Waals surface area contributed by atoms with Gasteiger partial charge in [0.25, 0.3) is 5.91 Å². The highest BCUT2D eigenvalue weighted by molar-refractivity contribution is 7.10. The monoisotopic (exact) mass is 304 g/mol. The number of carbonyl (C=O) groups is 1. The minimum absolute atomic E-state index is 0.0109. The summed E-state index contributed by atoms with van der Waals surface area (Å²) in [5, 5.41) is 8.01. The number of ether oxygens (including phenoxy) is 1. The lowest BCUT2D eigenvalue weighted by atomic mass is 10.2. The van der Waals surface area contributed by atoms with Gasteiger partial charge >= 0.3 is 0 Å². The van der Waals surface area contributed by atoms with Crippen LogP contribution in [0, 0.1) is 0 Å². The molecule has 1 heterocycles. The van der Waals surface area contributed by atoms with Gasteiger partial charge in [0, 0.05) is 11.4 Å². The maximum absolute atomic E-state index is 11.9. The zero-order valence-corrected chi connectivity index (χ0v) is 13.1. The summed E-state index contributed by atoms with van der Waals surface area (Å²) in [6, 6.07) is 11.7. The fourth-order valence-electron chi connectivity index (χ4n) is 1.99. The van der Waals surface area contributed by atoms with E-state index < -0.39 is 0 Å². The van der Waals surface area contributed by atoms with Crippen LogP contribution in [0.15, 0.2) is 41.8 Å². The van der Waals surface area contributed by atoms with E-state index in [9.17, 15) is 4.79 Å². The van der Waals surface area contributed by atoms with Crippen LogP contribution in [-0.2, 0) is 11.3 Å². The molecule has 1 amide bonds. The summed E-state index contributed by atoms with van der Waals surface area (Å²) < 4.78 is 5.54. The largest absolute Gasteiger partial charge is 0.484 e. The first-order valence-corrected chi connectivity index (χ1v) is 7.76. The van der Waals surface area contributed by atoms with E-state index in [-0.39, 0.29) is 18.6 Å². The van der Waals surface area contributed by atoms with Gasteiger partial charge in [-0.1, -0.05) is 18.2 Å². The van der Waals surface area contributed by atoms with Gasteiger partial charge in [-0.15, -0.1) is 11.3 Å². The van der Waals surface area contributed by atoms with Crippen molar-refractivity contribution in [2.45, 2.75) is 19.5 Å². The zero-order valence-electron chi connectivity index (χ0n) is 12.3. The highest BCUT2D eigenvalue weighted by Gasteiger charge is 2.10. The number of rotatable bonds is 7. The summed E-state index contributed by atoms with van der Waals surface area (Å²) in [4.78, 5) is 13.0. The third-order valence-corrected chi connectivity index (χ3v) is 4.05. The molecule has 0 aliphatic heterocycles. The average molecular weight is 304 g/mol. The Morgan fingerprint density at radius 3 is 2.90 bits per heavy atom. The normalized spacial score (nSPS) is 11.9. The molecule has 0 aliphatic carbocycles. The lowest BCUT2D eigenvalue weighted by molar-refractivity contribution is -0.123. The highest BCUT2D eigenvalue weighted by Crippen LogP contribution is 2.18. The summed E-state index contributed by atoms with van der Waals surface area (Å²) in [6.45, 7) is 2.77. The van der Waals surface area contributed by atoms with Crippen LogP contribution in [-0.4, -0.2) is 19.6 Å². The molecule has 2 rings (SSSR count). The molecular weight excluding hydrogens is 284 g/mol. The molecule has 0 bridgehead atoms. The average Bonchev–Trinajstić information content (AvgIpc) is 3.00. The van der Waals surface area contributed by atoms with E-state index in [1.165, 1.54) is 0 Å². The van der Waals surface area contributed by atoms with Crippen molar-refractivity contribution in [1.82, 2.24) is 10.6 Å². The Labute approximate surface area is 129 Å². The van der Waals surface area contributed by atoms with Crippen molar-refractivity contribution in [2.24, 2.45) is 0 Å². The number of carbonyl (C=O) groups excluding carboxylic acids is 1. The molecule has 4 nitrogen and oxygen atoms in total. The van der Waals surface area contributed by atoms with Gasteiger partial charge in [-0.25, -0.2) is 0 Å². The van der Waals surface area contributed by atoms with E-state index in [0.717, 1.165) is 17.0 Å². The van der Waals surface area contributed by atoms with Crippen molar-refractivity contribution < 1.29 is 9.53 Å². The van der Waals surface area contributed by atoms with Crippen LogP contribution in [0.25, 0.3) is 0 Å². The molecule has 1 atom stereocenters. The number of nitrogens with one attached hydrogen (secondary N) is 2. The second kappa shape index (κ2) is 7.81. The minimum Gasteiger partial charge on any atom is -0.484 e. The SMILES string of the molecule is CNCc1cccc(OCC(=O)NC(C)c2cccs2)c1. The second-order valence-electron chi connectivity index (χ2n) is 4.77. The Morgan fingerprint density at radius 1 is 1.33 bits per heavy atom. The van der Waals surface area contributed by atoms with Crippen molar-refractivity contribution in [1.29, 1.82) is 0 Å². The molecule has 1 aromatic heterocycles. The maximum atomic E-state index is 11.9. The number of thiophene rings is 1. The number of hydrogen-bond acceptors (Lipinski definition) is 4. The molecule has 0 radical (unpaired) electrons. The van der Waals surface area contributed by atoms with Crippen LogP contribution in [0.1, 0.15) is 23.4 Å². The third kappa shape index (κ3) is 4.88. The summed E-state index contributed by atoms with van der Waals surface area (Å²) in [5.74, 6) is 0.594. The first-order chi connectivity index (χ1) is 10.2. The lowest BCUT2D eigenvalue weighted by Gasteiger charge is -2.13. The van der Waals surface area contributed by atoms with E-state index >= 15 is 0 Å². The first-order valence-electron chi connectivity index (χ1n) is 6.88. The van der Waals surface area contributed by atoms with Crippen LogP contribution in [0.5, 0.6) is 5.75 Å². The molecule has 0 fully saturated rings. The Hall–Kier alpha value is -1.85. The molecule has 0 aliphatic rings. The summed E-state index contributed by atoms with van der Waals surface area (Å²) >= 11 is 1.63. The molecule has 0 saturated carbocycles. The van der Waals surface area contributed by atoms with E-state index in [4.69, 9.17) is 4.74 Å². The number of hydrogen-bond donors (Lipinski definition) is 2. The fraction of sp³-hybridized carbons (Fsp3) is 0.312. The van der Waals surface area contributed by atoms with Gasteiger partial charge in [0.1, 0.15) is 5.75 Å². The second-order valence-corrected chi connectivity index (χ2v) is 5.75. The van der Waals surface area contributed by atoms with E-state index in [1.807, 2.05) is 55.7 Å². The molecular formula is C16H20N2O2S. The summed E-state index contributed by atoms with van der Waals surface area (Å²) in [7, 11) is 1.90. The van der Waals surface area contributed by atoms with Gasteiger partial charge < -0.3 is 15.4 Å². The van der Waals surface area contributed by atoms with E-state index in [1.54, 1.807) is 11.3 Å². The third-order valence-electron chi connectivity index (χ3n) is 3.00. The van der Waals surface area contributed by atoms with Crippen LogP contribution in [0.2, 0.25) is 0 Å². The van der Waals surface area contributed by atoms with Crippen molar-refractivity contribution >= 4 is 17.2 Å². The van der Waals surface area contributed by atoms with E-state index in [2.05, 4.69) is 10.6 Å². The van der Waals surface area contributed by atoms with Gasteiger partial charge in [0.2, 0.25) is 0 Å². The summed E-state index contributed by atoms with van der Waals surface area (Å²) in [6.07, 6.45) is 0. The molecule has 2 N–H and O–H groups in total. The van der Waals surface area contributed by atoms with Crippen LogP contribution < -0.4 is 15.4 Å². The van der Waals surface area contributed by atoms with Crippen molar-refractivity contribution in [3.63, 3.8) is 0 Å². The molecule has 2 aromatic rings. The Kier molecular flexibility index (Phi) is 5.78. The Balaban J connectivity index is 1.82. The zero-order chi connectivity index (χ0) is 15.1. The molecule has 0 spiro atoms. The molecule has 21 heavy (non-hydrogen) atoms. The van der Waals surface area contributed by atoms with Crippen molar-refractivity contribution in [3.8, 4) is 5.75 Å². The van der Waals surface area contributed by atoms with Gasteiger partial charge in [0.15, 0.2) is 6.61 Å². The smallest absolute Gasteiger partial charge is 0.258 e. The predicted octanol–water partition coefficient (Wildman–Crippen LogP) is 2.72. The van der Waals surface area contributed by atoms with Crippen molar-refractivity contribution in [3.05, 3.63) is 52.2 Å². The minimum atomic E-state index is -0.116. The van der Waals surface area contributed by atoms with Crippen molar-refractivity contribution in [2.75, 3.05) is 13.7 Å². The fourth-order valence-corrected chi connectivity index (χ4v) is 2.72. The topological polar surface area (TPSA) is 50.4 Å². The summed E-state index contributed by atoms with van der Waals surface area (Å²) in [5.41, 5.74) is 1.13. The molecule has 1 unspecified atom stereocenters. The predicted molar refractivity (Wildman–Crippen MR) is 85.6 cm³/mol. The lowest BCUT2D eigenvalue weighted by Crippen LogP contribution is -2.30. The van der Waals surface area contributed by atoms with Gasteiger partial charge in [-0.05, 0) is 43.1 Å². The van der Waals surface area contributed by atoms with Crippen LogP contribution in [0.3, 0.4) is 0 Å². The molecule has 0 saturated heterocycles. The van der Waals surface area contributed by atoms with Crippen LogP contribution >= 0.6 is 11.3 Å². The van der Waals surface area contributed by atoms with Gasteiger partial charge in [0.05, 0.1) is 6.04 Å². The molecule has 112 valence electrons. The standard InChI is InChI=1S/C16H20N2O2S/c1-12(15-7-4-8-21-15)18-16(19)11-20-14-6-3-5-13(9-14)10-17-2/h3-9,12,17H,10-11H2,1-2H3,(H,18,19). The van der Waals surface area contributed by atoms with Gasteiger partial charge in [-0.3, -0.25) is 4.79 Å².